The van der Waals surface area contributed by atoms with Crippen LogP contribution in [-0.4, -0.2) is 56.5 Å². The van der Waals surface area contributed by atoms with E-state index in [0.29, 0.717) is 25.9 Å². The van der Waals surface area contributed by atoms with Gasteiger partial charge < -0.3 is 14.8 Å². The van der Waals surface area contributed by atoms with E-state index in [2.05, 4.69) is 21.9 Å². The molecule has 2 aromatic carbocycles. The molecule has 0 unspecified atom stereocenters. The second-order valence-corrected chi connectivity index (χ2v) is 10.9. The number of terminal acetylenes is 2. The third-order valence-electron chi connectivity index (χ3n) is 6.41. The Hall–Kier alpha value is -3.67. The van der Waals surface area contributed by atoms with Crippen LogP contribution in [0.25, 0.3) is 0 Å². The van der Waals surface area contributed by atoms with Gasteiger partial charge in [-0.25, -0.2) is 8.42 Å². The van der Waals surface area contributed by atoms with Gasteiger partial charge in [0.2, 0.25) is 5.91 Å². The summed E-state index contributed by atoms with van der Waals surface area (Å²) in [4.78, 5) is 15.0. The van der Waals surface area contributed by atoms with E-state index in [1.165, 1.54) is 43.4 Å². The average molecular weight is 549 g/mol. The molecular weight excluding hydrogens is 521 g/mol. The lowest BCUT2D eigenvalue weighted by atomic mass is 9.92. The molecule has 38 heavy (non-hydrogen) atoms. The lowest BCUT2D eigenvalue weighted by molar-refractivity contribution is -0.274. The Kier molecular flexibility index (Phi) is 8.97. The Bertz CT molecular complexity index is 1290. The first-order chi connectivity index (χ1) is 18.0. The molecule has 1 aliphatic heterocycles. The molecule has 0 spiro atoms. The Morgan fingerprint density at radius 2 is 1.47 bits per heavy atom. The van der Waals surface area contributed by atoms with Crippen molar-refractivity contribution in [1.82, 2.24) is 10.2 Å². The fourth-order valence-corrected chi connectivity index (χ4v) is 6.47. The van der Waals surface area contributed by atoms with Crippen molar-refractivity contribution in [3.8, 4) is 41.9 Å². The van der Waals surface area contributed by atoms with Crippen LogP contribution in [0.15, 0.2) is 53.4 Å². The standard InChI is InChI=1S/C27H27F3N2O5S/c1-4-6-20(7-5-2)32-18-16-26(17-19-32,25(33)31-3)38(34,35)24-14-12-22(13-15-24)36-21-8-10-23(11-9-21)37-27(28,29)30/h1-2,8-15,20H,6-7,16-19H2,3H3,(H,31,33). The number of likely N-dealkylation sites (tertiary alicyclic amines) is 1. The van der Waals surface area contributed by atoms with Crippen LogP contribution in [-0.2, 0) is 14.6 Å². The average Bonchev–Trinajstić information content (AvgIpc) is 2.88. The lowest BCUT2D eigenvalue weighted by Crippen LogP contribution is -2.58. The smallest absolute Gasteiger partial charge is 0.457 e. The highest BCUT2D eigenvalue weighted by Crippen LogP contribution is 2.38. The molecule has 7 nitrogen and oxygen atoms in total. The van der Waals surface area contributed by atoms with Gasteiger partial charge in [-0.05, 0) is 61.4 Å². The lowest BCUT2D eigenvalue weighted by Gasteiger charge is -2.42. The number of piperidine rings is 1. The van der Waals surface area contributed by atoms with Crippen LogP contribution < -0.4 is 14.8 Å². The van der Waals surface area contributed by atoms with Crippen molar-refractivity contribution in [3.63, 3.8) is 0 Å². The number of rotatable bonds is 9. The van der Waals surface area contributed by atoms with E-state index in [0.717, 1.165) is 12.1 Å². The largest absolute Gasteiger partial charge is 0.573 e. The van der Waals surface area contributed by atoms with Crippen molar-refractivity contribution >= 4 is 15.7 Å². The Morgan fingerprint density at radius 3 is 1.92 bits per heavy atom. The van der Waals surface area contributed by atoms with Crippen LogP contribution in [0.2, 0.25) is 0 Å². The zero-order valence-electron chi connectivity index (χ0n) is 20.6. The van der Waals surface area contributed by atoms with Crippen LogP contribution in [0.1, 0.15) is 25.7 Å². The molecule has 0 radical (unpaired) electrons. The second kappa shape index (κ2) is 11.8. The first-order valence-electron chi connectivity index (χ1n) is 11.7. The van der Waals surface area contributed by atoms with E-state index in [4.69, 9.17) is 17.6 Å². The number of alkyl halides is 3. The van der Waals surface area contributed by atoms with Gasteiger partial charge in [0.15, 0.2) is 14.6 Å². The molecule has 0 saturated carbocycles. The molecule has 1 N–H and O–H groups in total. The summed E-state index contributed by atoms with van der Waals surface area (Å²) in [5.41, 5.74) is 0. The van der Waals surface area contributed by atoms with Gasteiger partial charge >= 0.3 is 6.36 Å². The minimum atomic E-state index is -4.81. The maximum Gasteiger partial charge on any atom is 0.573 e. The SMILES string of the molecule is C#CCC(CC#C)N1CCC(C(=O)NC)(S(=O)(=O)c2ccc(Oc3ccc(OC(F)(F)F)cc3)cc2)CC1. The number of sulfone groups is 1. The van der Waals surface area contributed by atoms with Crippen molar-refractivity contribution in [3.05, 3.63) is 48.5 Å². The van der Waals surface area contributed by atoms with Crippen LogP contribution >= 0.6 is 0 Å². The van der Waals surface area contributed by atoms with Crippen molar-refractivity contribution in [2.75, 3.05) is 20.1 Å². The predicted molar refractivity (Wildman–Crippen MR) is 135 cm³/mol. The van der Waals surface area contributed by atoms with Gasteiger partial charge in [0.25, 0.3) is 0 Å². The van der Waals surface area contributed by atoms with Crippen molar-refractivity contribution in [1.29, 1.82) is 0 Å². The Morgan fingerprint density at radius 1 is 1.00 bits per heavy atom. The molecule has 11 heteroatoms. The normalized spacial score (nSPS) is 15.8. The van der Waals surface area contributed by atoms with E-state index >= 15 is 0 Å². The van der Waals surface area contributed by atoms with Gasteiger partial charge in [0.05, 0.1) is 4.90 Å². The zero-order chi connectivity index (χ0) is 28.0. The highest BCUT2D eigenvalue weighted by Gasteiger charge is 2.52. The third-order valence-corrected chi connectivity index (χ3v) is 8.93. The number of halogens is 3. The number of amides is 1. The van der Waals surface area contributed by atoms with Crippen LogP contribution in [0.5, 0.6) is 17.2 Å². The van der Waals surface area contributed by atoms with E-state index in [1.807, 2.05) is 4.90 Å². The molecule has 0 atom stereocenters. The number of benzene rings is 2. The Balaban J connectivity index is 1.78. The highest BCUT2D eigenvalue weighted by molar-refractivity contribution is 7.93. The van der Waals surface area contributed by atoms with E-state index in [-0.39, 0.29) is 35.3 Å². The molecule has 0 aliphatic carbocycles. The van der Waals surface area contributed by atoms with E-state index in [9.17, 15) is 26.4 Å². The summed E-state index contributed by atoms with van der Waals surface area (Å²) in [6, 6.07) is 10.2. The Labute approximate surface area is 220 Å². The number of nitrogens with zero attached hydrogens (tertiary/aromatic N) is 1. The van der Waals surface area contributed by atoms with E-state index < -0.39 is 32.6 Å². The van der Waals surface area contributed by atoms with Crippen molar-refractivity contribution in [2.24, 2.45) is 0 Å². The monoisotopic (exact) mass is 548 g/mol. The first-order valence-corrected chi connectivity index (χ1v) is 13.2. The minimum absolute atomic E-state index is 0.0559. The zero-order valence-corrected chi connectivity index (χ0v) is 21.4. The minimum Gasteiger partial charge on any atom is -0.457 e. The fraction of sp³-hybridized carbons (Fsp3) is 0.370. The van der Waals surface area contributed by atoms with Gasteiger partial charge in [-0.2, -0.15) is 0 Å². The molecule has 3 rings (SSSR count). The maximum atomic E-state index is 13.8. The summed E-state index contributed by atoms with van der Waals surface area (Å²) in [7, 11) is -2.72. The van der Waals surface area contributed by atoms with Crippen LogP contribution in [0, 0.1) is 24.7 Å². The first kappa shape index (κ1) is 28.9. The molecule has 2 aromatic rings. The van der Waals surface area contributed by atoms with E-state index in [1.54, 1.807) is 0 Å². The summed E-state index contributed by atoms with van der Waals surface area (Å²) in [5, 5.41) is 2.50. The number of carbonyl (C=O) groups excluding carboxylic acids is 1. The predicted octanol–water partition coefficient (Wildman–Crippen LogP) is 4.15. The fourth-order valence-electron chi connectivity index (χ4n) is 4.46. The highest BCUT2D eigenvalue weighted by atomic mass is 32.2. The molecule has 0 aromatic heterocycles. The quantitative estimate of drug-likeness (QED) is 0.474. The molecule has 0 bridgehead atoms. The molecule has 202 valence electrons. The summed E-state index contributed by atoms with van der Waals surface area (Å²) in [6.45, 7) is 0.659. The molecular formula is C27H27F3N2O5S. The van der Waals surface area contributed by atoms with Gasteiger partial charge in [-0.3, -0.25) is 9.69 Å². The second-order valence-electron chi connectivity index (χ2n) is 8.68. The topological polar surface area (TPSA) is 84.9 Å². The molecule has 1 aliphatic rings. The van der Waals surface area contributed by atoms with Gasteiger partial charge in [-0.15, -0.1) is 37.9 Å². The van der Waals surface area contributed by atoms with Crippen molar-refractivity contribution < 1.29 is 35.9 Å². The van der Waals surface area contributed by atoms with Gasteiger partial charge in [0.1, 0.15) is 17.2 Å². The molecule has 1 fully saturated rings. The van der Waals surface area contributed by atoms with Crippen LogP contribution in [0.4, 0.5) is 13.2 Å². The number of carbonyl (C=O) groups is 1. The molecule has 1 amide bonds. The van der Waals surface area contributed by atoms with Gasteiger partial charge in [0, 0.05) is 39.0 Å². The third kappa shape index (κ3) is 6.42. The number of hydrogen-bond acceptors (Lipinski definition) is 6. The summed E-state index contributed by atoms with van der Waals surface area (Å²) >= 11 is 0. The molecule has 1 saturated heterocycles. The molecule has 1 heterocycles. The maximum absolute atomic E-state index is 13.8. The van der Waals surface area contributed by atoms with Crippen LogP contribution in [0.3, 0.4) is 0 Å². The van der Waals surface area contributed by atoms with Crippen molar-refractivity contribution in [2.45, 2.75) is 47.7 Å². The number of nitrogens with one attached hydrogen (secondary N) is 1. The summed E-state index contributed by atoms with van der Waals surface area (Å²) < 4.78 is 72.3. The number of hydrogen-bond donors (Lipinski definition) is 1. The summed E-state index contributed by atoms with van der Waals surface area (Å²) in [6.07, 6.45) is 7.08. The van der Waals surface area contributed by atoms with Gasteiger partial charge in [-0.1, -0.05) is 0 Å². The summed E-state index contributed by atoms with van der Waals surface area (Å²) in [5.74, 6) is 4.67. The number of ether oxygens (including phenoxy) is 2.